The molecule has 19 heavy (non-hydrogen) atoms. The van der Waals surface area contributed by atoms with Gasteiger partial charge in [0.05, 0.1) is 6.04 Å². The summed E-state index contributed by atoms with van der Waals surface area (Å²) in [5, 5.41) is 4.34. The normalized spacial score (nSPS) is 17.3. The highest BCUT2D eigenvalue weighted by Gasteiger charge is 2.25. The van der Waals surface area contributed by atoms with Gasteiger partial charge >= 0.3 is 0 Å². The van der Waals surface area contributed by atoms with Gasteiger partial charge in [0.15, 0.2) is 0 Å². The largest absolute Gasteiger partial charge is 0.459 e. The predicted octanol–water partition coefficient (Wildman–Crippen LogP) is 2.32. The second-order valence-corrected chi connectivity index (χ2v) is 4.97. The Bertz CT molecular complexity index is 558. The number of carbonyl (C=O) groups excluding carboxylic acids is 1. The van der Waals surface area contributed by atoms with Gasteiger partial charge in [-0.2, -0.15) is 0 Å². The lowest BCUT2D eigenvalue weighted by atomic mass is 10.2. The van der Waals surface area contributed by atoms with Crippen molar-refractivity contribution in [3.63, 3.8) is 0 Å². The monoisotopic (exact) mass is 258 g/mol. The van der Waals surface area contributed by atoms with Crippen molar-refractivity contribution >= 4 is 16.9 Å². The molecule has 1 aliphatic rings. The van der Waals surface area contributed by atoms with Crippen LogP contribution in [0.3, 0.4) is 0 Å². The zero-order valence-corrected chi connectivity index (χ0v) is 11.1. The summed E-state index contributed by atoms with van der Waals surface area (Å²) in [6.45, 7) is 1.53. The Labute approximate surface area is 112 Å². The number of amides is 1. The maximum Gasteiger partial charge on any atom is 0.222 e. The van der Waals surface area contributed by atoms with E-state index in [1.807, 2.05) is 36.2 Å². The predicted molar refractivity (Wildman–Crippen MR) is 73.8 cm³/mol. The van der Waals surface area contributed by atoms with Gasteiger partial charge in [-0.15, -0.1) is 0 Å². The second-order valence-electron chi connectivity index (χ2n) is 4.97. The fraction of sp³-hybridized carbons (Fsp3) is 0.400. The molecule has 0 aliphatic carbocycles. The minimum absolute atomic E-state index is 0.0504. The molecule has 1 aromatic carbocycles. The summed E-state index contributed by atoms with van der Waals surface area (Å²) in [6, 6.07) is 10.1. The molecule has 100 valence electrons. The third-order valence-electron chi connectivity index (χ3n) is 3.71. The Morgan fingerprint density at radius 1 is 1.42 bits per heavy atom. The Balaban J connectivity index is 1.83. The van der Waals surface area contributed by atoms with Crippen molar-refractivity contribution in [2.24, 2.45) is 0 Å². The Hall–Kier alpha value is -1.81. The van der Waals surface area contributed by atoms with Crippen LogP contribution in [0.2, 0.25) is 0 Å². The van der Waals surface area contributed by atoms with E-state index in [-0.39, 0.29) is 11.9 Å². The molecule has 0 radical (unpaired) electrons. The molecule has 2 aromatic rings. The molecule has 0 saturated carbocycles. The van der Waals surface area contributed by atoms with Crippen molar-refractivity contribution in [1.82, 2.24) is 10.2 Å². The molecule has 1 atom stereocenters. The van der Waals surface area contributed by atoms with Gasteiger partial charge in [0.2, 0.25) is 5.91 Å². The molecular weight excluding hydrogens is 240 g/mol. The number of hydrogen-bond acceptors (Lipinski definition) is 3. The van der Waals surface area contributed by atoms with Crippen molar-refractivity contribution in [1.29, 1.82) is 0 Å². The molecule has 1 unspecified atom stereocenters. The van der Waals surface area contributed by atoms with E-state index in [4.69, 9.17) is 4.42 Å². The molecule has 1 fully saturated rings. The summed E-state index contributed by atoms with van der Waals surface area (Å²) in [4.78, 5) is 13.6. The quantitative estimate of drug-likeness (QED) is 0.915. The van der Waals surface area contributed by atoms with Gasteiger partial charge in [0.25, 0.3) is 0 Å². The van der Waals surface area contributed by atoms with Crippen molar-refractivity contribution < 1.29 is 9.21 Å². The lowest BCUT2D eigenvalue weighted by Crippen LogP contribution is -2.34. The second kappa shape index (κ2) is 5.05. The Kier molecular flexibility index (Phi) is 3.25. The molecule has 1 amide bonds. The van der Waals surface area contributed by atoms with Gasteiger partial charge in [0.1, 0.15) is 11.3 Å². The molecular formula is C15H18N2O2. The minimum Gasteiger partial charge on any atom is -0.459 e. The molecule has 4 heteroatoms. The molecule has 0 bridgehead atoms. The number of para-hydroxylation sites is 1. The summed E-state index contributed by atoms with van der Waals surface area (Å²) >= 11 is 0. The average Bonchev–Trinajstić information content (AvgIpc) is 3.02. The lowest BCUT2D eigenvalue weighted by molar-refractivity contribution is -0.128. The first-order valence-electron chi connectivity index (χ1n) is 6.71. The van der Waals surface area contributed by atoms with Gasteiger partial charge in [-0.3, -0.25) is 4.79 Å². The van der Waals surface area contributed by atoms with Gasteiger partial charge in [-0.1, -0.05) is 18.2 Å². The maximum absolute atomic E-state index is 11.7. The SMILES string of the molecule is CNC(CN1CCCC1=O)c1cc2ccccc2o1. The third-order valence-corrected chi connectivity index (χ3v) is 3.71. The maximum atomic E-state index is 11.7. The molecule has 0 spiro atoms. The number of carbonyl (C=O) groups is 1. The van der Waals surface area contributed by atoms with E-state index in [0.717, 1.165) is 29.7 Å². The minimum atomic E-state index is 0.0504. The van der Waals surface area contributed by atoms with Gasteiger partial charge in [-0.05, 0) is 25.6 Å². The Morgan fingerprint density at radius 2 is 2.26 bits per heavy atom. The van der Waals surface area contributed by atoms with E-state index < -0.39 is 0 Å². The molecule has 1 aliphatic heterocycles. The van der Waals surface area contributed by atoms with E-state index in [0.29, 0.717) is 13.0 Å². The molecule has 1 aromatic heterocycles. The topological polar surface area (TPSA) is 45.5 Å². The molecule has 1 N–H and O–H groups in total. The van der Waals surface area contributed by atoms with Crippen LogP contribution in [0.15, 0.2) is 34.7 Å². The van der Waals surface area contributed by atoms with Crippen LogP contribution < -0.4 is 5.32 Å². The van der Waals surface area contributed by atoms with Crippen molar-refractivity contribution in [2.45, 2.75) is 18.9 Å². The summed E-state index contributed by atoms with van der Waals surface area (Å²) in [5.74, 6) is 1.14. The fourth-order valence-corrected chi connectivity index (χ4v) is 2.62. The first kappa shape index (κ1) is 12.2. The number of nitrogens with one attached hydrogen (secondary N) is 1. The van der Waals surface area contributed by atoms with Crippen LogP contribution in [-0.2, 0) is 4.79 Å². The van der Waals surface area contributed by atoms with Crippen LogP contribution in [0, 0.1) is 0 Å². The van der Waals surface area contributed by atoms with Crippen molar-refractivity contribution in [3.8, 4) is 0 Å². The first-order valence-corrected chi connectivity index (χ1v) is 6.71. The summed E-state index contributed by atoms with van der Waals surface area (Å²) in [6.07, 6.45) is 1.64. The number of rotatable bonds is 4. The zero-order chi connectivity index (χ0) is 13.2. The van der Waals surface area contributed by atoms with Crippen LogP contribution in [0.5, 0.6) is 0 Å². The number of fused-ring (bicyclic) bond motifs is 1. The summed E-state index contributed by atoms with van der Waals surface area (Å²) < 4.78 is 5.87. The number of nitrogens with zero attached hydrogens (tertiary/aromatic N) is 1. The number of hydrogen-bond donors (Lipinski definition) is 1. The highest BCUT2D eigenvalue weighted by Crippen LogP contribution is 2.25. The highest BCUT2D eigenvalue weighted by molar-refractivity contribution is 5.79. The molecule has 2 heterocycles. The highest BCUT2D eigenvalue weighted by atomic mass is 16.3. The smallest absolute Gasteiger partial charge is 0.222 e. The Morgan fingerprint density at radius 3 is 2.95 bits per heavy atom. The van der Waals surface area contributed by atoms with E-state index in [2.05, 4.69) is 11.4 Å². The van der Waals surface area contributed by atoms with Crippen molar-refractivity contribution in [3.05, 3.63) is 36.1 Å². The van der Waals surface area contributed by atoms with Crippen LogP contribution in [0.4, 0.5) is 0 Å². The number of likely N-dealkylation sites (N-methyl/N-ethyl adjacent to an activating group) is 1. The first-order chi connectivity index (χ1) is 9.28. The number of likely N-dealkylation sites (tertiary alicyclic amines) is 1. The van der Waals surface area contributed by atoms with Crippen LogP contribution >= 0.6 is 0 Å². The van der Waals surface area contributed by atoms with E-state index >= 15 is 0 Å². The number of furan rings is 1. The third kappa shape index (κ3) is 2.36. The van der Waals surface area contributed by atoms with E-state index in [1.54, 1.807) is 0 Å². The van der Waals surface area contributed by atoms with Crippen molar-refractivity contribution in [2.75, 3.05) is 20.1 Å². The lowest BCUT2D eigenvalue weighted by Gasteiger charge is -2.21. The summed E-state index contributed by atoms with van der Waals surface area (Å²) in [7, 11) is 1.90. The van der Waals surface area contributed by atoms with E-state index in [9.17, 15) is 4.79 Å². The average molecular weight is 258 g/mol. The molecule has 1 saturated heterocycles. The molecule has 3 rings (SSSR count). The van der Waals surface area contributed by atoms with Gasteiger partial charge in [0, 0.05) is 24.9 Å². The van der Waals surface area contributed by atoms with Crippen LogP contribution in [-0.4, -0.2) is 30.9 Å². The van der Waals surface area contributed by atoms with Gasteiger partial charge < -0.3 is 14.6 Å². The van der Waals surface area contributed by atoms with E-state index in [1.165, 1.54) is 0 Å². The van der Waals surface area contributed by atoms with Gasteiger partial charge in [-0.25, -0.2) is 0 Å². The summed E-state index contributed by atoms with van der Waals surface area (Å²) in [5.41, 5.74) is 0.894. The number of benzene rings is 1. The van der Waals surface area contributed by atoms with Crippen LogP contribution in [0.1, 0.15) is 24.6 Å². The standard InChI is InChI=1S/C15H18N2O2/c1-16-12(10-17-8-4-7-15(17)18)14-9-11-5-2-3-6-13(11)19-14/h2-3,5-6,9,12,16H,4,7-8,10H2,1H3. The van der Waals surface area contributed by atoms with Crippen LogP contribution in [0.25, 0.3) is 11.0 Å². The molecule has 4 nitrogen and oxygen atoms in total. The fourth-order valence-electron chi connectivity index (χ4n) is 2.62. The zero-order valence-electron chi connectivity index (χ0n) is 11.1.